The average molecular weight is 450 g/mol. The zero-order valence-corrected chi connectivity index (χ0v) is 21.2. The van der Waals surface area contributed by atoms with E-state index < -0.39 is 0 Å². The average Bonchev–Trinajstić information content (AvgIpc) is 2.70. The Morgan fingerprint density at radius 1 is 0.552 bits per heavy atom. The molecule has 0 atom stereocenters. The molecule has 0 saturated heterocycles. The molecule has 0 amide bonds. The van der Waals surface area contributed by atoms with Crippen LogP contribution in [0.5, 0.6) is 34.5 Å². The molecule has 3 rings (SSSR count). The van der Waals surface area contributed by atoms with Gasteiger partial charge in [-0.15, -0.1) is 11.5 Å². The fourth-order valence-electron chi connectivity index (χ4n) is 1.80. The van der Waals surface area contributed by atoms with E-state index in [0.717, 1.165) is 5.75 Å². The predicted octanol–water partition coefficient (Wildman–Crippen LogP) is 1.54. The number of hydrogen-bond acceptors (Lipinski definition) is 6. The third-order valence-electron chi connectivity index (χ3n) is 3.17. The van der Waals surface area contributed by atoms with Crippen molar-refractivity contribution in [2.75, 3.05) is 21.3 Å². The summed E-state index contributed by atoms with van der Waals surface area (Å²) in [6, 6.07) is 19.1. The third kappa shape index (κ3) is 13.0. The van der Waals surface area contributed by atoms with Crippen LogP contribution in [0.15, 0.2) is 72.8 Å². The normalized spacial score (nSPS) is 8.38. The largest absolute Gasteiger partial charge is 2.00 e. The molecule has 0 fully saturated rings. The van der Waals surface area contributed by atoms with Gasteiger partial charge in [-0.2, -0.15) is 0 Å². The number of para-hydroxylation sites is 2. The van der Waals surface area contributed by atoms with Crippen molar-refractivity contribution in [1.82, 2.24) is 0 Å². The zero-order chi connectivity index (χ0) is 20.1. The molecule has 0 aliphatic heterocycles. The summed E-state index contributed by atoms with van der Waals surface area (Å²) >= 11 is 0. The Morgan fingerprint density at radius 3 is 1.55 bits per heavy atom. The number of methoxy groups -OCH3 is 3. The molecule has 0 N–H and O–H groups in total. The second-order valence-electron chi connectivity index (χ2n) is 5.01. The summed E-state index contributed by atoms with van der Waals surface area (Å²) in [5.41, 5.74) is 0. The summed E-state index contributed by atoms with van der Waals surface area (Å²) in [5.74, 6) is 1.65. The van der Waals surface area contributed by atoms with Crippen LogP contribution in [-0.2, 0) is 0 Å². The minimum Gasteiger partial charge on any atom is -0.872 e. The molecular weight excluding hydrogens is 428 g/mol. The molecule has 3 aromatic rings. The molecule has 0 heterocycles. The Balaban J connectivity index is 0. The summed E-state index contributed by atoms with van der Waals surface area (Å²) in [6.45, 7) is 0. The van der Waals surface area contributed by atoms with Crippen molar-refractivity contribution in [2.45, 2.75) is 0 Å². The number of ether oxygens (including phenoxy) is 3. The van der Waals surface area contributed by atoms with Crippen molar-refractivity contribution < 1.29 is 29.5 Å². The molecule has 0 aromatic heterocycles. The Morgan fingerprint density at radius 2 is 1.14 bits per heavy atom. The quantitative estimate of drug-likeness (QED) is 0.563. The summed E-state index contributed by atoms with van der Waals surface area (Å²) in [4.78, 5) is 0. The summed E-state index contributed by atoms with van der Waals surface area (Å²) in [6.07, 6.45) is 0. The van der Waals surface area contributed by atoms with E-state index >= 15 is 0 Å². The van der Waals surface area contributed by atoms with Crippen molar-refractivity contribution in [3.8, 4) is 34.5 Å². The molecule has 0 aliphatic rings. The van der Waals surface area contributed by atoms with Crippen molar-refractivity contribution in [1.29, 1.82) is 0 Å². The maximum Gasteiger partial charge on any atom is 2.00 e. The Kier molecular flexibility index (Phi) is 18.5. The van der Waals surface area contributed by atoms with Crippen LogP contribution in [0.25, 0.3) is 0 Å². The van der Waals surface area contributed by atoms with E-state index in [0.29, 0.717) is 11.5 Å². The van der Waals surface area contributed by atoms with E-state index in [2.05, 4.69) is 0 Å². The van der Waals surface area contributed by atoms with Crippen molar-refractivity contribution in [2.24, 2.45) is 0 Å². The van der Waals surface area contributed by atoms with Crippen molar-refractivity contribution in [3.05, 3.63) is 72.8 Å². The van der Waals surface area contributed by atoms with E-state index in [1.54, 1.807) is 49.6 Å². The van der Waals surface area contributed by atoms with Gasteiger partial charge >= 0.3 is 75.5 Å². The first kappa shape index (κ1) is 30.2. The van der Waals surface area contributed by atoms with E-state index in [9.17, 15) is 15.3 Å². The van der Waals surface area contributed by atoms with Crippen LogP contribution in [0.3, 0.4) is 0 Å². The summed E-state index contributed by atoms with van der Waals surface area (Å²) < 4.78 is 14.4. The number of rotatable bonds is 3. The molecule has 29 heavy (non-hydrogen) atoms. The van der Waals surface area contributed by atoms with Gasteiger partial charge < -0.3 is 29.5 Å². The molecule has 0 unspecified atom stereocenters. The fraction of sp³-hybridized carbons (Fsp3) is 0.143. The summed E-state index contributed by atoms with van der Waals surface area (Å²) in [7, 11) is 4.59. The molecule has 3 aromatic carbocycles. The predicted molar refractivity (Wildman–Crippen MR) is 109 cm³/mol. The molecular formula is C21H21Ca2O6+. The van der Waals surface area contributed by atoms with Gasteiger partial charge in [0, 0.05) is 0 Å². The van der Waals surface area contributed by atoms with Gasteiger partial charge in [0.25, 0.3) is 0 Å². The molecule has 6 nitrogen and oxygen atoms in total. The SMILES string of the molecule is COc1ccc([O-])cc1.COc1cccc([O-])c1.COc1ccccc1[O-].[Ca+2].[Ca+2]. The van der Waals surface area contributed by atoms with Crippen LogP contribution in [0.4, 0.5) is 0 Å². The van der Waals surface area contributed by atoms with Gasteiger partial charge in [0.15, 0.2) is 0 Å². The van der Waals surface area contributed by atoms with Gasteiger partial charge in [-0.3, -0.25) is 0 Å². The maximum absolute atomic E-state index is 10.7. The van der Waals surface area contributed by atoms with Gasteiger partial charge in [0.1, 0.15) is 17.2 Å². The third-order valence-corrected chi connectivity index (χ3v) is 3.17. The van der Waals surface area contributed by atoms with Gasteiger partial charge in [-0.1, -0.05) is 48.2 Å². The Labute approximate surface area is 231 Å². The molecule has 0 bridgehead atoms. The Bertz CT molecular complexity index is 797. The van der Waals surface area contributed by atoms with Crippen molar-refractivity contribution >= 4 is 75.5 Å². The van der Waals surface area contributed by atoms with Crippen LogP contribution in [0.1, 0.15) is 0 Å². The molecule has 144 valence electrons. The zero-order valence-electron chi connectivity index (χ0n) is 16.8. The minimum atomic E-state index is -0.0694. The van der Waals surface area contributed by atoms with Gasteiger partial charge in [-0.25, -0.2) is 0 Å². The minimum absolute atomic E-state index is 0. The first-order chi connectivity index (χ1) is 13.0. The van der Waals surface area contributed by atoms with Crippen LogP contribution in [0.2, 0.25) is 0 Å². The van der Waals surface area contributed by atoms with Crippen LogP contribution in [0, 0.1) is 0 Å². The molecule has 8 heteroatoms. The van der Waals surface area contributed by atoms with Crippen LogP contribution < -0.4 is 29.5 Å². The van der Waals surface area contributed by atoms with E-state index in [1.165, 1.54) is 44.6 Å². The standard InChI is InChI=1S/3C7H8O2.2Ca/c1-9-7-4-2-6(8)3-5-7;1-9-7-4-2-3-6(8)5-7;1-9-7-5-3-2-4-6(7)8;;/h3*2-5,8H,1H3;;/q;;;2*+2/p-3. The van der Waals surface area contributed by atoms with Crippen molar-refractivity contribution in [3.63, 3.8) is 0 Å². The van der Waals surface area contributed by atoms with E-state index in [1.807, 2.05) is 0 Å². The maximum atomic E-state index is 10.7. The second kappa shape index (κ2) is 17.8. The van der Waals surface area contributed by atoms with Gasteiger partial charge in [0.2, 0.25) is 0 Å². The smallest absolute Gasteiger partial charge is 0.872 e. The fourth-order valence-corrected chi connectivity index (χ4v) is 1.80. The van der Waals surface area contributed by atoms with Gasteiger partial charge in [-0.05, 0) is 30.3 Å². The molecule has 0 saturated carbocycles. The molecule has 0 aliphatic carbocycles. The number of hydrogen-bond donors (Lipinski definition) is 0. The number of benzene rings is 3. The van der Waals surface area contributed by atoms with E-state index in [4.69, 9.17) is 14.2 Å². The Hall–Kier alpha value is -1.02. The van der Waals surface area contributed by atoms with Crippen LogP contribution >= 0.6 is 0 Å². The topological polar surface area (TPSA) is 96.9 Å². The first-order valence-electron chi connectivity index (χ1n) is 7.92. The summed E-state index contributed by atoms with van der Waals surface area (Å²) in [5, 5.41) is 31.8. The van der Waals surface area contributed by atoms with Crippen LogP contribution in [-0.4, -0.2) is 96.8 Å². The molecule has 0 radical (unpaired) electrons. The molecule has 0 spiro atoms. The first-order valence-corrected chi connectivity index (χ1v) is 7.92. The monoisotopic (exact) mass is 449 g/mol. The second-order valence-corrected chi connectivity index (χ2v) is 5.01. The van der Waals surface area contributed by atoms with Gasteiger partial charge in [0.05, 0.1) is 21.3 Å². The van der Waals surface area contributed by atoms with E-state index in [-0.39, 0.29) is 92.7 Å².